The zero-order valence-corrected chi connectivity index (χ0v) is 8.42. The molecule has 0 aromatic heterocycles. The van der Waals surface area contributed by atoms with E-state index >= 15 is 0 Å². The number of hydrogen-bond donors (Lipinski definition) is 2. The molecular weight excluding hydrogens is 176 g/mol. The molecule has 0 radical (unpaired) electrons. The van der Waals surface area contributed by atoms with Gasteiger partial charge in [0.25, 0.3) is 0 Å². The predicted octanol–water partition coefficient (Wildman–Crippen LogP) is 0.848. The molecule has 74 valence electrons. The Morgan fingerprint density at radius 2 is 2.29 bits per heavy atom. The van der Waals surface area contributed by atoms with Gasteiger partial charge in [0.05, 0.1) is 19.2 Å². The maximum atomic E-state index is 5.65. The summed E-state index contributed by atoms with van der Waals surface area (Å²) in [5.74, 6) is 6.70. The molecular formula is C11H14N2O. The van der Waals surface area contributed by atoms with Crippen LogP contribution in [0.1, 0.15) is 5.56 Å². The molecule has 0 atom stereocenters. The number of nitrogens with one attached hydrogen (secondary N) is 1. The lowest BCUT2D eigenvalue weighted by Crippen LogP contribution is -2.04. The molecule has 0 unspecified atom stereocenters. The Kier molecular flexibility index (Phi) is 3.84. The first-order chi connectivity index (χ1) is 6.77. The summed E-state index contributed by atoms with van der Waals surface area (Å²) in [6.07, 6.45) is 0. The Balaban J connectivity index is 2.94. The van der Waals surface area contributed by atoms with E-state index in [1.165, 1.54) is 0 Å². The third-order valence-corrected chi connectivity index (χ3v) is 1.71. The fourth-order valence-corrected chi connectivity index (χ4v) is 1.05. The van der Waals surface area contributed by atoms with Crippen LogP contribution in [-0.4, -0.2) is 20.7 Å². The molecule has 3 N–H and O–H groups in total. The normalized spacial score (nSPS) is 9.00. The molecule has 14 heavy (non-hydrogen) atoms. The van der Waals surface area contributed by atoms with Gasteiger partial charge in [-0.25, -0.2) is 0 Å². The van der Waals surface area contributed by atoms with Crippen molar-refractivity contribution in [2.24, 2.45) is 0 Å². The average Bonchev–Trinajstić information content (AvgIpc) is 2.19. The van der Waals surface area contributed by atoms with Gasteiger partial charge < -0.3 is 15.8 Å². The van der Waals surface area contributed by atoms with Gasteiger partial charge in [0, 0.05) is 5.69 Å². The van der Waals surface area contributed by atoms with Crippen LogP contribution in [0.3, 0.4) is 0 Å². The van der Waals surface area contributed by atoms with Crippen LogP contribution in [0.15, 0.2) is 18.2 Å². The van der Waals surface area contributed by atoms with Crippen molar-refractivity contribution < 1.29 is 4.74 Å². The van der Waals surface area contributed by atoms with Gasteiger partial charge in [0.15, 0.2) is 0 Å². The summed E-state index contributed by atoms with van der Waals surface area (Å²) >= 11 is 0. The summed E-state index contributed by atoms with van der Waals surface area (Å²) in [5.41, 5.74) is 7.16. The molecule has 0 heterocycles. The van der Waals surface area contributed by atoms with E-state index in [-0.39, 0.29) is 0 Å². The molecule has 0 saturated heterocycles. The van der Waals surface area contributed by atoms with E-state index in [2.05, 4.69) is 17.2 Å². The van der Waals surface area contributed by atoms with Crippen molar-refractivity contribution in [3.05, 3.63) is 23.8 Å². The van der Waals surface area contributed by atoms with Crippen LogP contribution in [0.25, 0.3) is 0 Å². The van der Waals surface area contributed by atoms with E-state index in [4.69, 9.17) is 10.5 Å². The number of hydrogen-bond acceptors (Lipinski definition) is 3. The van der Waals surface area contributed by atoms with Gasteiger partial charge in [-0.05, 0) is 25.2 Å². The Morgan fingerprint density at radius 1 is 1.50 bits per heavy atom. The first-order valence-electron chi connectivity index (χ1n) is 4.35. The van der Waals surface area contributed by atoms with Gasteiger partial charge in [0.2, 0.25) is 0 Å². The molecule has 0 bridgehead atoms. The van der Waals surface area contributed by atoms with Crippen molar-refractivity contribution >= 4 is 5.69 Å². The summed E-state index contributed by atoms with van der Waals surface area (Å²) in [7, 11) is 3.47. The highest BCUT2D eigenvalue weighted by Crippen LogP contribution is 2.19. The summed E-state index contributed by atoms with van der Waals surface area (Å²) in [6, 6.07) is 5.42. The van der Waals surface area contributed by atoms with Gasteiger partial charge in [-0.15, -0.1) is 0 Å². The van der Waals surface area contributed by atoms with Crippen molar-refractivity contribution in [2.75, 3.05) is 26.4 Å². The smallest absolute Gasteiger partial charge is 0.134 e. The lowest BCUT2D eigenvalue weighted by Gasteiger charge is -2.03. The Labute approximate surface area is 84.3 Å². The molecule has 0 saturated carbocycles. The summed E-state index contributed by atoms with van der Waals surface area (Å²) in [4.78, 5) is 0. The molecule has 0 amide bonds. The van der Waals surface area contributed by atoms with Gasteiger partial charge in [-0.3, -0.25) is 0 Å². The number of nitrogen functional groups attached to an aromatic ring is 1. The first kappa shape index (κ1) is 10.4. The van der Waals surface area contributed by atoms with Gasteiger partial charge in [0.1, 0.15) is 5.75 Å². The molecule has 3 heteroatoms. The van der Waals surface area contributed by atoms with Crippen molar-refractivity contribution in [3.8, 4) is 17.6 Å². The summed E-state index contributed by atoms with van der Waals surface area (Å²) in [5, 5.41) is 2.94. The van der Waals surface area contributed by atoms with Gasteiger partial charge >= 0.3 is 0 Å². The Morgan fingerprint density at radius 3 is 2.93 bits per heavy atom. The first-order valence-corrected chi connectivity index (χ1v) is 4.35. The highest BCUT2D eigenvalue weighted by molar-refractivity contribution is 5.54. The minimum Gasteiger partial charge on any atom is -0.495 e. The number of anilines is 1. The molecule has 0 fully saturated rings. The van der Waals surface area contributed by atoms with Crippen LogP contribution in [0.5, 0.6) is 5.75 Å². The number of methoxy groups -OCH3 is 1. The highest BCUT2D eigenvalue weighted by atomic mass is 16.5. The highest BCUT2D eigenvalue weighted by Gasteiger charge is 1.98. The van der Waals surface area contributed by atoms with Gasteiger partial charge in [-0.2, -0.15) is 0 Å². The maximum Gasteiger partial charge on any atom is 0.134 e. The third-order valence-electron chi connectivity index (χ3n) is 1.71. The quantitative estimate of drug-likeness (QED) is 0.537. The standard InChI is InChI=1S/C11H14N2O/c1-13-7-3-4-9-8-10(12)5-6-11(9)14-2/h5-6,8,13H,7,12H2,1-2H3. The van der Waals surface area contributed by atoms with Gasteiger partial charge in [-0.1, -0.05) is 11.8 Å². The third kappa shape index (κ3) is 2.68. The Bertz CT molecular complexity index is 363. The second kappa shape index (κ2) is 5.15. The molecule has 3 nitrogen and oxygen atoms in total. The number of benzene rings is 1. The molecule has 1 rings (SSSR count). The molecule has 0 spiro atoms. The summed E-state index contributed by atoms with van der Waals surface area (Å²) in [6.45, 7) is 0.651. The number of ether oxygens (including phenoxy) is 1. The average molecular weight is 190 g/mol. The lowest BCUT2D eigenvalue weighted by molar-refractivity contribution is 0.413. The van der Waals surface area contributed by atoms with E-state index < -0.39 is 0 Å². The van der Waals surface area contributed by atoms with E-state index in [0.717, 1.165) is 11.3 Å². The second-order valence-electron chi connectivity index (χ2n) is 2.79. The van der Waals surface area contributed by atoms with Crippen molar-refractivity contribution in [1.29, 1.82) is 0 Å². The molecule has 1 aromatic carbocycles. The van der Waals surface area contributed by atoms with E-state index in [1.807, 2.05) is 19.2 Å². The lowest BCUT2D eigenvalue weighted by atomic mass is 10.2. The van der Waals surface area contributed by atoms with Crippen LogP contribution < -0.4 is 15.8 Å². The minimum atomic E-state index is 0.651. The van der Waals surface area contributed by atoms with Crippen molar-refractivity contribution in [1.82, 2.24) is 5.32 Å². The largest absolute Gasteiger partial charge is 0.495 e. The minimum absolute atomic E-state index is 0.651. The van der Waals surface area contributed by atoms with E-state index in [9.17, 15) is 0 Å². The van der Waals surface area contributed by atoms with E-state index in [1.54, 1.807) is 13.2 Å². The van der Waals surface area contributed by atoms with Crippen LogP contribution in [0.2, 0.25) is 0 Å². The summed E-state index contributed by atoms with van der Waals surface area (Å²) < 4.78 is 5.15. The van der Waals surface area contributed by atoms with E-state index in [0.29, 0.717) is 12.2 Å². The van der Waals surface area contributed by atoms with Crippen molar-refractivity contribution in [3.63, 3.8) is 0 Å². The number of nitrogens with two attached hydrogens (primary N) is 1. The number of rotatable bonds is 2. The Hall–Kier alpha value is -1.66. The predicted molar refractivity (Wildman–Crippen MR) is 58.2 cm³/mol. The second-order valence-corrected chi connectivity index (χ2v) is 2.79. The zero-order valence-electron chi connectivity index (χ0n) is 8.42. The van der Waals surface area contributed by atoms with Crippen LogP contribution in [0, 0.1) is 11.8 Å². The fraction of sp³-hybridized carbons (Fsp3) is 0.273. The monoisotopic (exact) mass is 190 g/mol. The molecule has 0 aliphatic heterocycles. The van der Waals surface area contributed by atoms with Crippen LogP contribution in [-0.2, 0) is 0 Å². The van der Waals surface area contributed by atoms with Crippen LogP contribution in [0.4, 0.5) is 5.69 Å². The molecule has 0 aliphatic carbocycles. The zero-order chi connectivity index (χ0) is 10.4. The topological polar surface area (TPSA) is 47.3 Å². The maximum absolute atomic E-state index is 5.65. The van der Waals surface area contributed by atoms with Crippen LogP contribution >= 0.6 is 0 Å². The van der Waals surface area contributed by atoms with Crippen molar-refractivity contribution in [2.45, 2.75) is 0 Å². The fourth-order valence-electron chi connectivity index (χ4n) is 1.05. The SMILES string of the molecule is CNCC#Cc1cc(N)ccc1OC. The molecule has 0 aliphatic rings. The molecule has 1 aromatic rings.